The van der Waals surface area contributed by atoms with E-state index in [9.17, 15) is 0 Å². The van der Waals surface area contributed by atoms with Gasteiger partial charge >= 0.3 is 0 Å². The van der Waals surface area contributed by atoms with Crippen molar-refractivity contribution >= 4 is 0 Å². The standard InChI is InChI=1S/C9H13NO/c1-3-8-9(11-4-2)6-5-7-10-8/h5-7H,3-4H2,1-2H3. The third kappa shape index (κ3) is 1.93. The van der Waals surface area contributed by atoms with Gasteiger partial charge in [0, 0.05) is 6.20 Å². The number of aromatic nitrogens is 1. The van der Waals surface area contributed by atoms with E-state index in [4.69, 9.17) is 4.74 Å². The molecular weight excluding hydrogens is 138 g/mol. The molecule has 0 atom stereocenters. The minimum Gasteiger partial charge on any atom is -0.492 e. The number of hydrogen-bond donors (Lipinski definition) is 0. The second-order valence-electron chi connectivity index (χ2n) is 2.23. The van der Waals surface area contributed by atoms with Gasteiger partial charge in [-0.15, -0.1) is 0 Å². The third-order valence-corrected chi connectivity index (χ3v) is 1.48. The summed E-state index contributed by atoms with van der Waals surface area (Å²) in [6, 6.07) is 3.85. The summed E-state index contributed by atoms with van der Waals surface area (Å²) in [7, 11) is 0. The van der Waals surface area contributed by atoms with Gasteiger partial charge in [0.05, 0.1) is 12.3 Å². The van der Waals surface area contributed by atoms with Gasteiger partial charge in [-0.3, -0.25) is 4.98 Å². The maximum absolute atomic E-state index is 5.37. The molecule has 0 N–H and O–H groups in total. The van der Waals surface area contributed by atoms with Crippen LogP contribution in [0.5, 0.6) is 5.75 Å². The minimum absolute atomic E-state index is 0.707. The van der Waals surface area contributed by atoms with E-state index in [-0.39, 0.29) is 0 Å². The second-order valence-corrected chi connectivity index (χ2v) is 2.23. The van der Waals surface area contributed by atoms with Crippen LogP contribution in [-0.4, -0.2) is 11.6 Å². The van der Waals surface area contributed by atoms with E-state index in [1.165, 1.54) is 0 Å². The molecule has 0 aliphatic rings. The molecule has 1 heterocycles. The number of hydrogen-bond acceptors (Lipinski definition) is 2. The van der Waals surface area contributed by atoms with Gasteiger partial charge in [0.15, 0.2) is 0 Å². The number of nitrogens with zero attached hydrogens (tertiary/aromatic N) is 1. The van der Waals surface area contributed by atoms with Crippen LogP contribution < -0.4 is 4.74 Å². The SMILES string of the molecule is CCOc1cccnc1CC. The molecule has 0 saturated carbocycles. The molecule has 1 rings (SSSR count). The van der Waals surface area contributed by atoms with Crippen molar-refractivity contribution in [2.75, 3.05) is 6.61 Å². The molecule has 0 spiro atoms. The summed E-state index contributed by atoms with van der Waals surface area (Å²) in [4.78, 5) is 4.19. The van der Waals surface area contributed by atoms with Gasteiger partial charge in [-0.25, -0.2) is 0 Å². The van der Waals surface area contributed by atoms with E-state index in [0.717, 1.165) is 17.9 Å². The van der Waals surface area contributed by atoms with Crippen molar-refractivity contribution in [2.24, 2.45) is 0 Å². The number of pyridine rings is 1. The zero-order chi connectivity index (χ0) is 8.10. The first-order valence-corrected chi connectivity index (χ1v) is 3.95. The average molecular weight is 151 g/mol. The molecule has 60 valence electrons. The highest BCUT2D eigenvalue weighted by Gasteiger charge is 1.99. The lowest BCUT2D eigenvalue weighted by Gasteiger charge is -2.05. The Balaban J connectivity index is 2.83. The van der Waals surface area contributed by atoms with Crippen LogP contribution in [0.25, 0.3) is 0 Å². The van der Waals surface area contributed by atoms with Crippen molar-refractivity contribution in [1.82, 2.24) is 4.98 Å². The summed E-state index contributed by atoms with van der Waals surface area (Å²) in [5.74, 6) is 0.914. The highest BCUT2D eigenvalue weighted by Crippen LogP contribution is 2.14. The number of ether oxygens (including phenoxy) is 1. The molecule has 11 heavy (non-hydrogen) atoms. The van der Waals surface area contributed by atoms with E-state index < -0.39 is 0 Å². The largest absolute Gasteiger partial charge is 0.492 e. The maximum Gasteiger partial charge on any atom is 0.140 e. The quantitative estimate of drug-likeness (QED) is 0.659. The first kappa shape index (κ1) is 8.05. The zero-order valence-corrected chi connectivity index (χ0v) is 7.00. The van der Waals surface area contributed by atoms with Gasteiger partial charge in [0.1, 0.15) is 5.75 Å². The molecule has 0 aliphatic carbocycles. The molecule has 2 heteroatoms. The van der Waals surface area contributed by atoms with E-state index in [2.05, 4.69) is 11.9 Å². The Morgan fingerprint density at radius 1 is 1.45 bits per heavy atom. The lowest BCUT2D eigenvalue weighted by Crippen LogP contribution is -1.97. The van der Waals surface area contributed by atoms with Crippen LogP contribution in [0.4, 0.5) is 0 Å². The maximum atomic E-state index is 5.37. The number of rotatable bonds is 3. The monoisotopic (exact) mass is 151 g/mol. The molecule has 0 bridgehead atoms. The Labute approximate surface area is 67.2 Å². The molecule has 0 aliphatic heterocycles. The first-order chi connectivity index (χ1) is 5.38. The fraction of sp³-hybridized carbons (Fsp3) is 0.444. The van der Waals surface area contributed by atoms with Gasteiger partial charge in [0.25, 0.3) is 0 Å². The van der Waals surface area contributed by atoms with Crippen molar-refractivity contribution in [3.63, 3.8) is 0 Å². The fourth-order valence-corrected chi connectivity index (χ4v) is 0.976. The van der Waals surface area contributed by atoms with Crippen molar-refractivity contribution < 1.29 is 4.74 Å². The lowest BCUT2D eigenvalue weighted by molar-refractivity contribution is 0.335. The van der Waals surface area contributed by atoms with Crippen LogP contribution in [0, 0.1) is 0 Å². The second kappa shape index (κ2) is 3.96. The molecular formula is C9H13NO. The minimum atomic E-state index is 0.707. The summed E-state index contributed by atoms with van der Waals surface area (Å²) in [5, 5.41) is 0. The van der Waals surface area contributed by atoms with Crippen LogP contribution in [0.3, 0.4) is 0 Å². The third-order valence-electron chi connectivity index (χ3n) is 1.48. The summed E-state index contributed by atoms with van der Waals surface area (Å²) < 4.78 is 5.37. The lowest BCUT2D eigenvalue weighted by atomic mass is 10.3. The van der Waals surface area contributed by atoms with E-state index in [1.54, 1.807) is 6.20 Å². The Bertz CT molecular complexity index is 223. The van der Waals surface area contributed by atoms with Crippen LogP contribution in [0.1, 0.15) is 19.5 Å². The van der Waals surface area contributed by atoms with Crippen molar-refractivity contribution in [3.05, 3.63) is 24.0 Å². The Hall–Kier alpha value is -1.05. The topological polar surface area (TPSA) is 22.1 Å². The smallest absolute Gasteiger partial charge is 0.140 e. The summed E-state index contributed by atoms with van der Waals surface area (Å²) in [6.07, 6.45) is 2.72. The summed E-state index contributed by atoms with van der Waals surface area (Å²) >= 11 is 0. The summed E-state index contributed by atoms with van der Waals surface area (Å²) in [6.45, 7) is 4.76. The molecule has 0 aromatic carbocycles. The fourth-order valence-electron chi connectivity index (χ4n) is 0.976. The Kier molecular flexibility index (Phi) is 2.90. The van der Waals surface area contributed by atoms with Crippen LogP contribution in [-0.2, 0) is 6.42 Å². The molecule has 0 fully saturated rings. The van der Waals surface area contributed by atoms with Gasteiger partial charge in [-0.2, -0.15) is 0 Å². The van der Waals surface area contributed by atoms with E-state index in [1.807, 2.05) is 19.1 Å². The van der Waals surface area contributed by atoms with E-state index in [0.29, 0.717) is 6.61 Å². The normalized spacial score (nSPS) is 9.64. The van der Waals surface area contributed by atoms with E-state index >= 15 is 0 Å². The first-order valence-electron chi connectivity index (χ1n) is 3.95. The predicted molar refractivity (Wildman–Crippen MR) is 44.8 cm³/mol. The molecule has 0 saturated heterocycles. The summed E-state index contributed by atoms with van der Waals surface area (Å²) in [5.41, 5.74) is 1.04. The number of aryl methyl sites for hydroxylation is 1. The van der Waals surface area contributed by atoms with Gasteiger partial charge < -0.3 is 4.74 Å². The van der Waals surface area contributed by atoms with Crippen LogP contribution in [0.15, 0.2) is 18.3 Å². The van der Waals surface area contributed by atoms with Crippen molar-refractivity contribution in [2.45, 2.75) is 20.3 Å². The Morgan fingerprint density at radius 3 is 2.91 bits per heavy atom. The molecule has 1 aromatic heterocycles. The molecule has 0 radical (unpaired) electrons. The highest BCUT2D eigenvalue weighted by atomic mass is 16.5. The molecule has 0 unspecified atom stereocenters. The molecule has 1 aromatic rings. The Morgan fingerprint density at radius 2 is 2.27 bits per heavy atom. The molecule has 0 amide bonds. The average Bonchev–Trinajstić information content (AvgIpc) is 2.06. The van der Waals surface area contributed by atoms with Gasteiger partial charge in [-0.05, 0) is 25.5 Å². The van der Waals surface area contributed by atoms with Gasteiger partial charge in [-0.1, -0.05) is 6.92 Å². The van der Waals surface area contributed by atoms with Crippen LogP contribution >= 0.6 is 0 Å². The van der Waals surface area contributed by atoms with Crippen LogP contribution in [0.2, 0.25) is 0 Å². The van der Waals surface area contributed by atoms with Crippen molar-refractivity contribution in [3.8, 4) is 5.75 Å². The van der Waals surface area contributed by atoms with Gasteiger partial charge in [0.2, 0.25) is 0 Å². The zero-order valence-electron chi connectivity index (χ0n) is 7.00. The van der Waals surface area contributed by atoms with Crippen molar-refractivity contribution in [1.29, 1.82) is 0 Å². The highest BCUT2D eigenvalue weighted by molar-refractivity contribution is 5.26. The molecule has 2 nitrogen and oxygen atoms in total. The predicted octanol–water partition coefficient (Wildman–Crippen LogP) is 2.04.